The first-order valence-electron chi connectivity index (χ1n) is 5.88. The number of aromatic carboxylic acids is 1. The van der Waals surface area contributed by atoms with Gasteiger partial charge in [-0.15, -0.1) is 0 Å². The van der Waals surface area contributed by atoms with Gasteiger partial charge in [0.1, 0.15) is 0 Å². The second kappa shape index (κ2) is 3.86. The van der Waals surface area contributed by atoms with Gasteiger partial charge in [-0.2, -0.15) is 0 Å². The largest absolute Gasteiger partial charge is 0.478 e. The minimum atomic E-state index is -0.826. The van der Waals surface area contributed by atoms with E-state index in [2.05, 4.69) is 27.5 Å². The van der Waals surface area contributed by atoms with Crippen LogP contribution < -0.4 is 4.90 Å². The van der Waals surface area contributed by atoms with Crippen LogP contribution in [0.3, 0.4) is 0 Å². The minimum Gasteiger partial charge on any atom is -0.478 e. The highest BCUT2D eigenvalue weighted by Gasteiger charge is 2.47. The van der Waals surface area contributed by atoms with Gasteiger partial charge in [-0.05, 0) is 53.6 Å². The summed E-state index contributed by atoms with van der Waals surface area (Å²) in [6.45, 7) is 2.07. The van der Waals surface area contributed by atoms with E-state index < -0.39 is 5.97 Å². The van der Waals surface area contributed by atoms with Crippen molar-refractivity contribution >= 4 is 34.2 Å². The van der Waals surface area contributed by atoms with Gasteiger partial charge in [0, 0.05) is 22.1 Å². The molecule has 1 aromatic rings. The van der Waals surface area contributed by atoms with E-state index in [4.69, 9.17) is 0 Å². The van der Waals surface area contributed by atoms with Crippen molar-refractivity contribution < 1.29 is 9.90 Å². The zero-order chi connectivity index (χ0) is 12.0. The second-order valence-corrected chi connectivity index (χ2v) is 6.42. The summed E-state index contributed by atoms with van der Waals surface area (Å²) in [6.07, 6.45) is 3.97. The monoisotopic (exact) mass is 343 g/mol. The SMILES string of the molecule is O=C(O)c1cc(I)ccc1N1CC2(CCC2)C1. The first-order chi connectivity index (χ1) is 8.10. The summed E-state index contributed by atoms with van der Waals surface area (Å²) < 4.78 is 0.975. The lowest BCUT2D eigenvalue weighted by Gasteiger charge is -2.57. The molecule has 0 radical (unpaired) electrons. The number of halogens is 1. The molecule has 1 saturated heterocycles. The van der Waals surface area contributed by atoms with Crippen LogP contribution in [0.4, 0.5) is 5.69 Å². The van der Waals surface area contributed by atoms with E-state index in [1.54, 1.807) is 6.07 Å². The van der Waals surface area contributed by atoms with E-state index in [-0.39, 0.29) is 0 Å². The quantitative estimate of drug-likeness (QED) is 0.840. The normalized spacial score (nSPS) is 20.9. The maximum atomic E-state index is 11.2. The number of hydrogen-bond acceptors (Lipinski definition) is 2. The Bertz CT molecular complexity index is 474. The van der Waals surface area contributed by atoms with Gasteiger partial charge >= 0.3 is 5.97 Å². The molecule has 90 valence electrons. The Balaban J connectivity index is 1.85. The summed E-state index contributed by atoms with van der Waals surface area (Å²) >= 11 is 2.15. The van der Waals surface area contributed by atoms with Crippen LogP contribution in [0, 0.1) is 8.99 Å². The summed E-state index contributed by atoms with van der Waals surface area (Å²) in [5.74, 6) is -0.826. The van der Waals surface area contributed by atoms with Crippen molar-refractivity contribution in [1.82, 2.24) is 0 Å². The van der Waals surface area contributed by atoms with Crippen LogP contribution >= 0.6 is 22.6 Å². The molecule has 17 heavy (non-hydrogen) atoms. The van der Waals surface area contributed by atoms with Gasteiger partial charge in [-0.3, -0.25) is 0 Å². The molecule has 2 aliphatic rings. The van der Waals surface area contributed by atoms with Crippen molar-refractivity contribution in [1.29, 1.82) is 0 Å². The Labute approximate surface area is 114 Å². The molecule has 0 atom stereocenters. The number of anilines is 1. The highest BCUT2D eigenvalue weighted by molar-refractivity contribution is 14.1. The van der Waals surface area contributed by atoms with Crippen LogP contribution in [-0.4, -0.2) is 24.2 Å². The van der Waals surface area contributed by atoms with Crippen LogP contribution in [0.25, 0.3) is 0 Å². The molecule has 2 fully saturated rings. The number of nitrogens with zero attached hydrogens (tertiary/aromatic N) is 1. The number of hydrogen-bond donors (Lipinski definition) is 1. The smallest absolute Gasteiger partial charge is 0.337 e. The van der Waals surface area contributed by atoms with Crippen molar-refractivity contribution in [2.75, 3.05) is 18.0 Å². The van der Waals surface area contributed by atoms with Crippen molar-refractivity contribution in [3.63, 3.8) is 0 Å². The van der Waals surface area contributed by atoms with E-state index in [9.17, 15) is 9.90 Å². The van der Waals surface area contributed by atoms with E-state index in [1.807, 2.05) is 12.1 Å². The molecule has 1 aromatic carbocycles. The highest BCUT2D eigenvalue weighted by Crippen LogP contribution is 2.49. The lowest BCUT2D eigenvalue weighted by molar-refractivity contribution is 0.0690. The van der Waals surface area contributed by atoms with Gasteiger partial charge in [0.05, 0.1) is 11.3 Å². The topological polar surface area (TPSA) is 40.5 Å². The predicted octanol–water partition coefficient (Wildman–Crippen LogP) is 2.98. The zero-order valence-electron chi connectivity index (χ0n) is 9.45. The van der Waals surface area contributed by atoms with Crippen LogP contribution in [0.1, 0.15) is 29.6 Å². The Kier molecular flexibility index (Phi) is 2.57. The van der Waals surface area contributed by atoms with Gasteiger partial charge in [0.2, 0.25) is 0 Å². The Hall–Kier alpha value is -0.780. The van der Waals surface area contributed by atoms with Crippen molar-refractivity contribution in [3.05, 3.63) is 27.3 Å². The molecule has 0 unspecified atom stereocenters. The van der Waals surface area contributed by atoms with Crippen LogP contribution in [0.15, 0.2) is 18.2 Å². The molecule has 1 spiro atoms. The fraction of sp³-hybridized carbons (Fsp3) is 0.462. The Morgan fingerprint density at radius 3 is 2.59 bits per heavy atom. The third kappa shape index (κ3) is 1.82. The molecule has 1 aliphatic heterocycles. The highest BCUT2D eigenvalue weighted by atomic mass is 127. The van der Waals surface area contributed by atoms with Gasteiger partial charge < -0.3 is 10.0 Å². The predicted molar refractivity (Wildman–Crippen MR) is 74.6 cm³/mol. The lowest BCUT2D eigenvalue weighted by atomic mass is 9.63. The molecule has 1 aliphatic carbocycles. The second-order valence-electron chi connectivity index (χ2n) is 5.18. The van der Waals surface area contributed by atoms with E-state index >= 15 is 0 Å². The number of rotatable bonds is 2. The Morgan fingerprint density at radius 1 is 1.35 bits per heavy atom. The fourth-order valence-corrected chi connectivity index (χ4v) is 3.37. The van der Waals surface area contributed by atoms with Gasteiger partial charge in [0.15, 0.2) is 0 Å². The third-order valence-corrected chi connectivity index (χ3v) is 4.67. The van der Waals surface area contributed by atoms with Crippen LogP contribution in [0.5, 0.6) is 0 Å². The van der Waals surface area contributed by atoms with Gasteiger partial charge in [0.25, 0.3) is 0 Å². The standard InChI is InChI=1S/C13H14INO2/c14-9-2-3-11(10(6-9)12(16)17)15-7-13(8-15)4-1-5-13/h2-3,6H,1,4-5,7-8H2,(H,16,17). The van der Waals surface area contributed by atoms with Gasteiger partial charge in [-0.1, -0.05) is 6.42 Å². The van der Waals surface area contributed by atoms with Crippen molar-refractivity contribution in [2.45, 2.75) is 19.3 Å². The summed E-state index contributed by atoms with van der Waals surface area (Å²) in [7, 11) is 0. The molecule has 0 bridgehead atoms. The summed E-state index contributed by atoms with van der Waals surface area (Å²) in [5.41, 5.74) is 1.85. The maximum Gasteiger partial charge on any atom is 0.337 e. The summed E-state index contributed by atoms with van der Waals surface area (Å²) in [6, 6.07) is 5.68. The number of carboxylic acids is 1. The first kappa shape index (κ1) is 11.3. The van der Waals surface area contributed by atoms with E-state index in [0.29, 0.717) is 11.0 Å². The molecule has 1 N–H and O–H groups in total. The molecule has 1 saturated carbocycles. The number of benzene rings is 1. The molecule has 0 amide bonds. The lowest BCUT2D eigenvalue weighted by Crippen LogP contribution is -2.60. The average Bonchev–Trinajstić information content (AvgIpc) is 2.15. The Morgan fingerprint density at radius 2 is 2.06 bits per heavy atom. The van der Waals surface area contributed by atoms with E-state index in [0.717, 1.165) is 22.3 Å². The number of carbonyl (C=O) groups is 1. The molecular weight excluding hydrogens is 329 g/mol. The zero-order valence-corrected chi connectivity index (χ0v) is 11.6. The van der Waals surface area contributed by atoms with Crippen LogP contribution in [-0.2, 0) is 0 Å². The maximum absolute atomic E-state index is 11.2. The molecule has 1 heterocycles. The molecule has 4 heteroatoms. The fourth-order valence-electron chi connectivity index (χ4n) is 2.88. The summed E-state index contributed by atoms with van der Waals surface area (Å²) in [4.78, 5) is 13.4. The third-order valence-electron chi connectivity index (χ3n) is 4.00. The number of carboxylic acid groups (broad SMARTS) is 1. The molecule has 0 aromatic heterocycles. The first-order valence-corrected chi connectivity index (χ1v) is 6.95. The minimum absolute atomic E-state index is 0.436. The molecular formula is C13H14INO2. The van der Waals surface area contributed by atoms with Crippen molar-refractivity contribution in [2.24, 2.45) is 5.41 Å². The molecule has 3 rings (SSSR count). The van der Waals surface area contributed by atoms with Gasteiger partial charge in [-0.25, -0.2) is 4.79 Å². The summed E-state index contributed by atoms with van der Waals surface area (Å²) in [5, 5.41) is 9.23. The molecule has 3 nitrogen and oxygen atoms in total. The van der Waals surface area contributed by atoms with E-state index in [1.165, 1.54) is 19.3 Å². The average molecular weight is 343 g/mol. The van der Waals surface area contributed by atoms with Crippen LogP contribution in [0.2, 0.25) is 0 Å². The van der Waals surface area contributed by atoms with Crippen molar-refractivity contribution in [3.8, 4) is 0 Å².